The van der Waals surface area contributed by atoms with Crippen LogP contribution in [0, 0.1) is 0 Å². The van der Waals surface area contributed by atoms with Gasteiger partial charge in [0.2, 0.25) is 0 Å². The van der Waals surface area contributed by atoms with Crippen LogP contribution in [0.2, 0.25) is 5.02 Å². The molecule has 0 radical (unpaired) electrons. The molecule has 30 heavy (non-hydrogen) atoms. The molecule has 0 spiro atoms. The summed E-state index contributed by atoms with van der Waals surface area (Å²) in [6.07, 6.45) is 3.65. The van der Waals surface area contributed by atoms with Crippen molar-refractivity contribution in [1.29, 1.82) is 0 Å². The molecule has 0 aliphatic rings. The zero-order valence-corrected chi connectivity index (χ0v) is 18.9. The highest BCUT2D eigenvalue weighted by Crippen LogP contribution is 2.25. The van der Waals surface area contributed by atoms with Crippen molar-refractivity contribution in [3.8, 4) is 5.75 Å². The second-order valence-corrected chi connectivity index (χ2v) is 8.78. The molecule has 0 aliphatic carbocycles. The second kappa shape index (κ2) is 9.47. The molecule has 2 aromatic heterocycles. The average molecular weight is 503 g/mol. The molecule has 0 saturated heterocycles. The van der Waals surface area contributed by atoms with Crippen LogP contribution in [0.3, 0.4) is 0 Å². The Morgan fingerprint density at radius 2 is 2.03 bits per heavy atom. The van der Waals surface area contributed by atoms with Gasteiger partial charge in [-0.15, -0.1) is 11.3 Å². The molecule has 0 unspecified atom stereocenters. The molecule has 8 heteroatoms. The lowest BCUT2D eigenvalue weighted by Gasteiger charge is -2.07. The smallest absolute Gasteiger partial charge is 0.265 e. The van der Waals surface area contributed by atoms with E-state index in [4.69, 9.17) is 16.3 Å². The Labute approximate surface area is 191 Å². The number of carbonyl (C=O) groups excluding carboxylic acids is 1. The number of anilines is 1. The van der Waals surface area contributed by atoms with Gasteiger partial charge in [-0.25, -0.2) is 0 Å². The van der Waals surface area contributed by atoms with Crippen molar-refractivity contribution in [1.82, 2.24) is 9.78 Å². The minimum Gasteiger partial charge on any atom is -0.487 e. The summed E-state index contributed by atoms with van der Waals surface area (Å²) in [6, 6.07) is 16.9. The number of amides is 1. The first-order chi connectivity index (χ1) is 14.6. The van der Waals surface area contributed by atoms with Gasteiger partial charge in [-0.1, -0.05) is 35.9 Å². The number of nitrogens with one attached hydrogen (secondary N) is 1. The molecule has 2 aromatic carbocycles. The zero-order chi connectivity index (χ0) is 20.9. The molecule has 0 aliphatic heterocycles. The minimum absolute atomic E-state index is 0.150. The van der Waals surface area contributed by atoms with Gasteiger partial charge in [0.15, 0.2) is 0 Å². The Morgan fingerprint density at radius 1 is 1.17 bits per heavy atom. The number of hydrogen-bond acceptors (Lipinski definition) is 4. The van der Waals surface area contributed by atoms with E-state index in [0.717, 1.165) is 21.3 Å². The van der Waals surface area contributed by atoms with E-state index in [1.54, 1.807) is 12.3 Å². The van der Waals surface area contributed by atoms with Gasteiger partial charge in [0.1, 0.15) is 12.4 Å². The summed E-state index contributed by atoms with van der Waals surface area (Å²) in [7, 11) is 0. The highest BCUT2D eigenvalue weighted by atomic mass is 79.9. The van der Waals surface area contributed by atoms with Gasteiger partial charge >= 0.3 is 0 Å². The molecular formula is C22H17BrClN3O2S. The monoisotopic (exact) mass is 501 g/mol. The maximum atomic E-state index is 12.6. The first-order valence-electron chi connectivity index (χ1n) is 9.10. The molecule has 4 aromatic rings. The fraction of sp³-hybridized carbons (Fsp3) is 0.0909. The van der Waals surface area contributed by atoms with Crippen LogP contribution in [-0.2, 0) is 13.2 Å². The van der Waals surface area contributed by atoms with E-state index in [0.29, 0.717) is 28.8 Å². The summed E-state index contributed by atoms with van der Waals surface area (Å²) in [5, 5.41) is 9.69. The molecule has 0 atom stereocenters. The zero-order valence-electron chi connectivity index (χ0n) is 15.7. The molecule has 152 valence electrons. The second-order valence-electron chi connectivity index (χ2n) is 6.55. The molecule has 0 fully saturated rings. The number of para-hydroxylation sites is 1. The van der Waals surface area contributed by atoms with E-state index < -0.39 is 0 Å². The number of benzene rings is 2. The highest BCUT2D eigenvalue weighted by molar-refractivity contribution is 9.10. The lowest BCUT2D eigenvalue weighted by molar-refractivity contribution is 0.103. The number of nitrogens with zero attached hydrogens (tertiary/aromatic N) is 2. The van der Waals surface area contributed by atoms with E-state index in [1.807, 2.05) is 64.8 Å². The summed E-state index contributed by atoms with van der Waals surface area (Å²) < 4.78 is 8.50. The number of thiophene rings is 1. The van der Waals surface area contributed by atoms with Gasteiger partial charge in [0, 0.05) is 17.4 Å². The predicted molar refractivity (Wildman–Crippen MR) is 124 cm³/mol. The first kappa shape index (κ1) is 20.7. The first-order valence-corrected chi connectivity index (χ1v) is 11.1. The third-order valence-electron chi connectivity index (χ3n) is 4.24. The van der Waals surface area contributed by atoms with Gasteiger partial charge in [-0.3, -0.25) is 9.48 Å². The third-order valence-corrected chi connectivity index (χ3v) is 5.94. The summed E-state index contributed by atoms with van der Waals surface area (Å²) in [5.74, 6) is 0.473. The van der Waals surface area contributed by atoms with Crippen LogP contribution in [0.1, 0.15) is 20.8 Å². The Balaban J connectivity index is 1.37. The van der Waals surface area contributed by atoms with Crippen molar-refractivity contribution in [2.24, 2.45) is 0 Å². The molecule has 0 bridgehead atoms. The van der Waals surface area contributed by atoms with Crippen LogP contribution in [0.4, 0.5) is 5.69 Å². The normalized spacial score (nSPS) is 10.7. The standard InChI is InChI=1S/C22H17BrClN3O2S/c23-17-10-25-27(12-17)11-15-4-3-5-18(8-15)26-22(28)21-9-16(14-30-21)13-29-20-7-2-1-6-19(20)24/h1-10,12,14H,11,13H2,(H,26,28). The number of aromatic nitrogens is 2. The van der Waals surface area contributed by atoms with Crippen molar-refractivity contribution in [3.05, 3.63) is 97.9 Å². The summed E-state index contributed by atoms with van der Waals surface area (Å²) in [6.45, 7) is 0.972. The molecule has 2 heterocycles. The largest absolute Gasteiger partial charge is 0.487 e. The van der Waals surface area contributed by atoms with Gasteiger partial charge in [-0.05, 0) is 57.2 Å². The van der Waals surface area contributed by atoms with E-state index in [1.165, 1.54) is 11.3 Å². The Bertz CT molecular complexity index is 1170. The summed E-state index contributed by atoms with van der Waals surface area (Å²) in [5.41, 5.74) is 2.71. The van der Waals surface area contributed by atoms with Crippen molar-refractivity contribution in [2.75, 3.05) is 5.32 Å². The van der Waals surface area contributed by atoms with Gasteiger partial charge in [-0.2, -0.15) is 5.10 Å². The van der Waals surface area contributed by atoms with Gasteiger partial charge in [0.05, 0.1) is 27.1 Å². The maximum absolute atomic E-state index is 12.6. The van der Waals surface area contributed by atoms with Crippen LogP contribution in [0.5, 0.6) is 5.75 Å². The Kier molecular flexibility index (Phi) is 6.52. The van der Waals surface area contributed by atoms with Crippen molar-refractivity contribution >= 4 is 50.5 Å². The summed E-state index contributed by atoms with van der Waals surface area (Å²) in [4.78, 5) is 13.3. The van der Waals surface area contributed by atoms with Crippen molar-refractivity contribution in [3.63, 3.8) is 0 Å². The molecule has 0 saturated carbocycles. The van der Waals surface area contributed by atoms with Crippen LogP contribution in [0.25, 0.3) is 0 Å². The number of hydrogen-bond donors (Lipinski definition) is 1. The number of halogens is 2. The predicted octanol–water partition coefficient (Wildman–Crippen LogP) is 6.24. The van der Waals surface area contributed by atoms with Crippen molar-refractivity contribution in [2.45, 2.75) is 13.2 Å². The van der Waals surface area contributed by atoms with E-state index in [2.05, 4.69) is 26.3 Å². The van der Waals surface area contributed by atoms with Crippen LogP contribution in [0.15, 0.2) is 76.8 Å². The molecular weight excluding hydrogens is 486 g/mol. The number of ether oxygens (including phenoxy) is 1. The fourth-order valence-electron chi connectivity index (χ4n) is 2.85. The molecule has 1 N–H and O–H groups in total. The lowest BCUT2D eigenvalue weighted by Crippen LogP contribution is -2.10. The Hall–Kier alpha value is -2.61. The molecule has 1 amide bonds. The van der Waals surface area contributed by atoms with Crippen LogP contribution >= 0.6 is 38.9 Å². The maximum Gasteiger partial charge on any atom is 0.265 e. The van der Waals surface area contributed by atoms with Crippen LogP contribution < -0.4 is 10.1 Å². The highest BCUT2D eigenvalue weighted by Gasteiger charge is 2.11. The number of rotatable bonds is 7. The molecule has 5 nitrogen and oxygen atoms in total. The number of carbonyl (C=O) groups is 1. The topological polar surface area (TPSA) is 56.2 Å². The quantitative estimate of drug-likeness (QED) is 0.325. The van der Waals surface area contributed by atoms with E-state index in [-0.39, 0.29) is 5.91 Å². The molecule has 4 rings (SSSR count). The van der Waals surface area contributed by atoms with E-state index >= 15 is 0 Å². The van der Waals surface area contributed by atoms with Crippen molar-refractivity contribution < 1.29 is 9.53 Å². The summed E-state index contributed by atoms with van der Waals surface area (Å²) >= 11 is 10.9. The third kappa shape index (κ3) is 5.30. The van der Waals surface area contributed by atoms with Gasteiger partial charge in [0.25, 0.3) is 5.91 Å². The minimum atomic E-state index is -0.150. The van der Waals surface area contributed by atoms with E-state index in [9.17, 15) is 4.79 Å². The lowest BCUT2D eigenvalue weighted by atomic mass is 10.2. The average Bonchev–Trinajstić information content (AvgIpc) is 3.37. The fourth-order valence-corrected chi connectivity index (χ4v) is 4.16. The van der Waals surface area contributed by atoms with Crippen LogP contribution in [-0.4, -0.2) is 15.7 Å². The SMILES string of the molecule is O=C(Nc1cccc(Cn2cc(Br)cn2)c1)c1cc(COc2ccccc2Cl)cs1. The Morgan fingerprint density at radius 3 is 2.83 bits per heavy atom. The van der Waals surface area contributed by atoms with Gasteiger partial charge < -0.3 is 10.1 Å².